The summed E-state index contributed by atoms with van der Waals surface area (Å²) < 4.78 is 0. The van der Waals surface area contributed by atoms with Gasteiger partial charge in [-0.3, -0.25) is 0 Å². The molecule has 3 nitrogen and oxygen atoms in total. The predicted octanol–water partition coefficient (Wildman–Crippen LogP) is 2.35. The first-order valence-corrected chi connectivity index (χ1v) is 6.17. The third-order valence-corrected chi connectivity index (χ3v) is 2.73. The van der Waals surface area contributed by atoms with E-state index in [0.29, 0.717) is 5.92 Å². The first-order valence-electron chi connectivity index (χ1n) is 6.17. The minimum absolute atomic E-state index is 0.227. The molecule has 2 N–H and O–H groups in total. The van der Waals surface area contributed by atoms with Gasteiger partial charge < -0.3 is 5.73 Å². The van der Waals surface area contributed by atoms with Crippen molar-refractivity contribution < 1.29 is 0 Å². The molecule has 1 aromatic heterocycles. The Bertz CT molecular complexity index is 293. The van der Waals surface area contributed by atoms with Crippen LogP contribution in [0.15, 0.2) is 12.4 Å². The molecule has 3 heteroatoms. The molecule has 0 saturated carbocycles. The molecule has 1 heterocycles. The summed E-state index contributed by atoms with van der Waals surface area (Å²) in [6.07, 6.45) is 7.82. The summed E-state index contributed by atoms with van der Waals surface area (Å²) in [6.45, 7) is 6.53. The third kappa shape index (κ3) is 4.71. The molecule has 0 amide bonds. The zero-order valence-electron chi connectivity index (χ0n) is 10.6. The van der Waals surface area contributed by atoms with Crippen molar-refractivity contribution in [1.29, 1.82) is 0 Å². The smallest absolute Gasteiger partial charge is 0.128 e. The SMILES string of the molecule is CCC(N)Cc1cnc(CCC(C)C)nc1. The topological polar surface area (TPSA) is 51.8 Å². The summed E-state index contributed by atoms with van der Waals surface area (Å²) >= 11 is 0. The second kappa shape index (κ2) is 6.59. The maximum absolute atomic E-state index is 5.89. The lowest BCUT2D eigenvalue weighted by Gasteiger charge is -2.08. The van der Waals surface area contributed by atoms with Gasteiger partial charge in [-0.1, -0.05) is 20.8 Å². The molecular formula is C13H23N3. The van der Waals surface area contributed by atoms with Crippen LogP contribution in [0.4, 0.5) is 0 Å². The van der Waals surface area contributed by atoms with E-state index < -0.39 is 0 Å². The second-order valence-corrected chi connectivity index (χ2v) is 4.81. The van der Waals surface area contributed by atoms with E-state index in [0.717, 1.165) is 37.1 Å². The number of hydrogen-bond acceptors (Lipinski definition) is 3. The van der Waals surface area contributed by atoms with Crippen LogP contribution in [0.1, 0.15) is 45.0 Å². The molecular weight excluding hydrogens is 198 g/mol. The Hall–Kier alpha value is -0.960. The third-order valence-electron chi connectivity index (χ3n) is 2.73. The highest BCUT2D eigenvalue weighted by molar-refractivity contribution is 5.07. The highest BCUT2D eigenvalue weighted by Crippen LogP contribution is 2.06. The van der Waals surface area contributed by atoms with Crippen LogP contribution in [0, 0.1) is 5.92 Å². The lowest BCUT2D eigenvalue weighted by molar-refractivity contribution is 0.573. The Kier molecular flexibility index (Phi) is 5.39. The van der Waals surface area contributed by atoms with E-state index in [1.54, 1.807) is 0 Å². The Morgan fingerprint density at radius 1 is 1.25 bits per heavy atom. The molecule has 0 aliphatic heterocycles. The first-order chi connectivity index (χ1) is 7.61. The lowest BCUT2D eigenvalue weighted by atomic mass is 10.1. The van der Waals surface area contributed by atoms with Gasteiger partial charge in [0, 0.05) is 24.9 Å². The fourth-order valence-corrected chi connectivity index (χ4v) is 1.48. The van der Waals surface area contributed by atoms with Crippen LogP contribution < -0.4 is 5.73 Å². The van der Waals surface area contributed by atoms with E-state index >= 15 is 0 Å². The Morgan fingerprint density at radius 2 is 1.88 bits per heavy atom. The van der Waals surface area contributed by atoms with Crippen LogP contribution in [0.5, 0.6) is 0 Å². The standard InChI is InChI=1S/C13H23N3/c1-4-12(14)7-11-8-15-13(16-9-11)6-5-10(2)3/h8-10,12H,4-7,14H2,1-3H3. The number of rotatable bonds is 6. The van der Waals surface area contributed by atoms with Crippen LogP contribution in [-0.4, -0.2) is 16.0 Å². The fraction of sp³-hybridized carbons (Fsp3) is 0.692. The van der Waals surface area contributed by atoms with Gasteiger partial charge in [0.1, 0.15) is 5.82 Å². The highest BCUT2D eigenvalue weighted by Gasteiger charge is 2.03. The molecule has 0 bridgehead atoms. The molecule has 0 fully saturated rings. The Morgan fingerprint density at radius 3 is 2.38 bits per heavy atom. The molecule has 1 unspecified atom stereocenters. The molecule has 0 saturated heterocycles. The molecule has 1 aromatic rings. The largest absolute Gasteiger partial charge is 0.327 e. The summed E-state index contributed by atoms with van der Waals surface area (Å²) in [6, 6.07) is 0.227. The number of aryl methyl sites for hydroxylation is 1. The molecule has 16 heavy (non-hydrogen) atoms. The van der Waals surface area contributed by atoms with Crippen molar-refractivity contribution in [3.63, 3.8) is 0 Å². The minimum atomic E-state index is 0.227. The van der Waals surface area contributed by atoms with Crippen molar-refractivity contribution in [2.45, 2.75) is 52.5 Å². The summed E-state index contributed by atoms with van der Waals surface area (Å²) in [7, 11) is 0. The van der Waals surface area contributed by atoms with Gasteiger partial charge in [0.25, 0.3) is 0 Å². The zero-order chi connectivity index (χ0) is 12.0. The summed E-state index contributed by atoms with van der Waals surface area (Å²) in [5, 5.41) is 0. The first kappa shape index (κ1) is 13.1. The van der Waals surface area contributed by atoms with E-state index in [-0.39, 0.29) is 6.04 Å². The van der Waals surface area contributed by atoms with Crippen LogP contribution in [-0.2, 0) is 12.8 Å². The van der Waals surface area contributed by atoms with Crippen LogP contribution in [0.25, 0.3) is 0 Å². The van der Waals surface area contributed by atoms with Gasteiger partial charge in [0.05, 0.1) is 0 Å². The molecule has 0 aliphatic rings. The van der Waals surface area contributed by atoms with Gasteiger partial charge in [-0.05, 0) is 30.7 Å². The minimum Gasteiger partial charge on any atom is -0.327 e. The van der Waals surface area contributed by atoms with Crippen molar-refractivity contribution in [1.82, 2.24) is 9.97 Å². The average Bonchev–Trinajstić information content (AvgIpc) is 2.28. The molecule has 0 spiro atoms. The maximum Gasteiger partial charge on any atom is 0.128 e. The Balaban J connectivity index is 2.47. The predicted molar refractivity (Wildman–Crippen MR) is 67.2 cm³/mol. The molecule has 1 atom stereocenters. The zero-order valence-corrected chi connectivity index (χ0v) is 10.6. The summed E-state index contributed by atoms with van der Waals surface area (Å²) in [5.41, 5.74) is 7.03. The fourth-order valence-electron chi connectivity index (χ4n) is 1.48. The van der Waals surface area contributed by atoms with Gasteiger partial charge in [-0.2, -0.15) is 0 Å². The Labute approximate surface area is 98.5 Å². The van der Waals surface area contributed by atoms with Crippen LogP contribution in [0.3, 0.4) is 0 Å². The van der Waals surface area contributed by atoms with Gasteiger partial charge >= 0.3 is 0 Å². The lowest BCUT2D eigenvalue weighted by Crippen LogP contribution is -2.21. The maximum atomic E-state index is 5.89. The van der Waals surface area contributed by atoms with Gasteiger partial charge in [-0.15, -0.1) is 0 Å². The van der Waals surface area contributed by atoms with E-state index in [2.05, 4.69) is 30.7 Å². The molecule has 1 rings (SSSR count). The van der Waals surface area contributed by atoms with Crippen molar-refractivity contribution in [2.75, 3.05) is 0 Å². The molecule has 90 valence electrons. The summed E-state index contributed by atoms with van der Waals surface area (Å²) in [4.78, 5) is 8.74. The van der Waals surface area contributed by atoms with Crippen molar-refractivity contribution >= 4 is 0 Å². The van der Waals surface area contributed by atoms with Crippen molar-refractivity contribution in [2.24, 2.45) is 11.7 Å². The van der Waals surface area contributed by atoms with Gasteiger partial charge in [-0.25, -0.2) is 9.97 Å². The molecule has 0 aromatic carbocycles. The van der Waals surface area contributed by atoms with Gasteiger partial charge in [0.15, 0.2) is 0 Å². The number of nitrogens with two attached hydrogens (primary N) is 1. The average molecular weight is 221 g/mol. The number of aromatic nitrogens is 2. The van der Waals surface area contributed by atoms with Crippen LogP contribution in [0.2, 0.25) is 0 Å². The van der Waals surface area contributed by atoms with E-state index in [1.807, 2.05) is 12.4 Å². The van der Waals surface area contributed by atoms with Gasteiger partial charge in [0.2, 0.25) is 0 Å². The van der Waals surface area contributed by atoms with Crippen LogP contribution >= 0.6 is 0 Å². The van der Waals surface area contributed by atoms with Crippen molar-refractivity contribution in [3.05, 3.63) is 23.8 Å². The second-order valence-electron chi connectivity index (χ2n) is 4.81. The number of hydrogen-bond donors (Lipinski definition) is 1. The van der Waals surface area contributed by atoms with Crippen molar-refractivity contribution in [3.8, 4) is 0 Å². The van der Waals surface area contributed by atoms with E-state index in [1.165, 1.54) is 0 Å². The van der Waals surface area contributed by atoms with E-state index in [9.17, 15) is 0 Å². The summed E-state index contributed by atoms with van der Waals surface area (Å²) in [5.74, 6) is 1.65. The normalized spacial score (nSPS) is 13.1. The quantitative estimate of drug-likeness (QED) is 0.802. The van der Waals surface area contributed by atoms with E-state index in [4.69, 9.17) is 5.73 Å². The molecule has 0 radical (unpaired) electrons. The highest BCUT2D eigenvalue weighted by atomic mass is 14.9. The molecule has 0 aliphatic carbocycles. The monoisotopic (exact) mass is 221 g/mol. The number of nitrogens with zero attached hydrogens (tertiary/aromatic N) is 2.